The lowest BCUT2D eigenvalue weighted by Crippen LogP contribution is -2.17. The summed E-state index contributed by atoms with van der Waals surface area (Å²) in [4.78, 5) is 28.8. The first-order chi connectivity index (χ1) is 19.2. The lowest BCUT2D eigenvalue weighted by molar-refractivity contribution is -0.144. The fraction of sp³-hybridized carbons (Fsp3) is 0.323. The number of anilines is 1. The molecule has 5 rings (SSSR count). The average Bonchev–Trinajstić information content (AvgIpc) is 3.37. The number of esters is 1. The van der Waals surface area contributed by atoms with Gasteiger partial charge in [-0.25, -0.2) is 4.98 Å². The molecule has 4 aromatic rings. The number of fused-ring (bicyclic) bond motifs is 1. The normalized spacial score (nSPS) is 17.5. The Balaban J connectivity index is 1.24. The van der Waals surface area contributed by atoms with Gasteiger partial charge in [-0.2, -0.15) is 13.2 Å². The fourth-order valence-corrected chi connectivity index (χ4v) is 5.34. The molecule has 1 N–H and O–H groups in total. The highest BCUT2D eigenvalue weighted by atomic mass is 19.4. The van der Waals surface area contributed by atoms with Gasteiger partial charge in [-0.05, 0) is 91.5 Å². The number of carbonyl (C=O) groups is 2. The Kier molecular flexibility index (Phi) is 7.91. The fourth-order valence-electron chi connectivity index (χ4n) is 5.34. The molecule has 0 atom stereocenters. The number of imidazole rings is 1. The number of pyridine rings is 1. The molecule has 0 unspecified atom stereocenters. The first-order valence-electron chi connectivity index (χ1n) is 13.4. The molecule has 2 aromatic heterocycles. The summed E-state index contributed by atoms with van der Waals surface area (Å²) in [6.07, 6.45) is 3.59. The number of rotatable bonds is 7. The van der Waals surface area contributed by atoms with E-state index in [4.69, 9.17) is 4.74 Å². The van der Waals surface area contributed by atoms with Crippen LogP contribution in [0.25, 0.3) is 16.8 Å². The van der Waals surface area contributed by atoms with Gasteiger partial charge < -0.3 is 14.5 Å². The highest BCUT2D eigenvalue weighted by Crippen LogP contribution is 2.38. The van der Waals surface area contributed by atoms with Crippen molar-refractivity contribution in [2.24, 2.45) is 5.92 Å². The second kappa shape index (κ2) is 11.5. The van der Waals surface area contributed by atoms with Gasteiger partial charge >= 0.3 is 12.1 Å². The smallest absolute Gasteiger partial charge is 0.416 e. The third-order valence-corrected chi connectivity index (χ3v) is 7.45. The van der Waals surface area contributed by atoms with E-state index in [9.17, 15) is 22.8 Å². The highest BCUT2D eigenvalue weighted by Gasteiger charge is 2.30. The second-order valence-corrected chi connectivity index (χ2v) is 10.2. The Morgan fingerprint density at radius 2 is 1.70 bits per heavy atom. The van der Waals surface area contributed by atoms with Crippen LogP contribution in [-0.2, 0) is 15.7 Å². The van der Waals surface area contributed by atoms with Crippen molar-refractivity contribution in [2.45, 2.75) is 51.1 Å². The number of nitrogens with zero attached hydrogens (tertiary/aromatic N) is 2. The minimum atomic E-state index is -4.50. The van der Waals surface area contributed by atoms with Gasteiger partial charge in [-0.3, -0.25) is 9.59 Å². The summed E-state index contributed by atoms with van der Waals surface area (Å²) < 4.78 is 45.8. The van der Waals surface area contributed by atoms with Crippen LogP contribution in [-0.4, -0.2) is 27.9 Å². The molecule has 1 saturated carbocycles. The number of hydrogen-bond donors (Lipinski definition) is 1. The van der Waals surface area contributed by atoms with Gasteiger partial charge in [0.2, 0.25) is 0 Å². The summed E-state index contributed by atoms with van der Waals surface area (Å²) in [5.74, 6) is 0.176. The molecule has 0 radical (unpaired) electrons. The predicted molar refractivity (Wildman–Crippen MR) is 146 cm³/mol. The molecule has 0 aliphatic heterocycles. The maximum atomic E-state index is 13.0. The molecule has 208 valence electrons. The first-order valence-corrected chi connectivity index (χ1v) is 13.4. The Morgan fingerprint density at radius 3 is 2.40 bits per heavy atom. The van der Waals surface area contributed by atoms with E-state index in [2.05, 4.69) is 34.6 Å². The molecule has 0 spiro atoms. The summed E-state index contributed by atoms with van der Waals surface area (Å²) in [5, 5.41) is 2.50. The number of nitrogens with one attached hydrogen (secondary N) is 1. The Labute approximate surface area is 230 Å². The van der Waals surface area contributed by atoms with Gasteiger partial charge in [0.1, 0.15) is 11.3 Å². The summed E-state index contributed by atoms with van der Waals surface area (Å²) in [6, 6.07) is 16.7. The van der Waals surface area contributed by atoms with E-state index < -0.39 is 17.6 Å². The largest absolute Gasteiger partial charge is 0.466 e. The molecule has 0 saturated heterocycles. The number of hydrogen-bond acceptors (Lipinski definition) is 4. The van der Waals surface area contributed by atoms with Crippen LogP contribution < -0.4 is 5.32 Å². The van der Waals surface area contributed by atoms with Gasteiger partial charge in [-0.1, -0.05) is 30.3 Å². The van der Waals surface area contributed by atoms with E-state index in [1.54, 1.807) is 16.7 Å². The number of alkyl halides is 3. The quantitative estimate of drug-likeness (QED) is 0.242. The summed E-state index contributed by atoms with van der Waals surface area (Å²) >= 11 is 0. The third-order valence-electron chi connectivity index (χ3n) is 7.45. The van der Waals surface area contributed by atoms with Crippen LogP contribution in [0.4, 0.5) is 18.9 Å². The summed E-state index contributed by atoms with van der Waals surface area (Å²) in [6.45, 7) is 2.25. The van der Waals surface area contributed by atoms with E-state index in [0.717, 1.165) is 48.9 Å². The maximum absolute atomic E-state index is 13.0. The number of carbonyl (C=O) groups excluding carboxylic acids is 2. The Morgan fingerprint density at radius 1 is 0.975 bits per heavy atom. The number of halogens is 3. The topological polar surface area (TPSA) is 72.7 Å². The van der Waals surface area contributed by atoms with E-state index in [1.807, 2.05) is 19.2 Å². The van der Waals surface area contributed by atoms with Crippen LogP contribution in [0.3, 0.4) is 0 Å². The van der Waals surface area contributed by atoms with Gasteiger partial charge in [0.15, 0.2) is 0 Å². The first kappa shape index (κ1) is 27.4. The minimum Gasteiger partial charge on any atom is -0.466 e. The molecular weight excluding hydrogens is 519 g/mol. The zero-order valence-electron chi connectivity index (χ0n) is 22.1. The van der Waals surface area contributed by atoms with Crippen LogP contribution in [0.2, 0.25) is 0 Å². The molecule has 2 aromatic carbocycles. The van der Waals surface area contributed by atoms with Crippen molar-refractivity contribution >= 4 is 23.2 Å². The van der Waals surface area contributed by atoms with Crippen molar-refractivity contribution in [1.29, 1.82) is 0 Å². The molecule has 40 heavy (non-hydrogen) atoms. The van der Waals surface area contributed by atoms with Crippen LogP contribution in [0.15, 0.2) is 73.1 Å². The minimum absolute atomic E-state index is 0.0464. The van der Waals surface area contributed by atoms with Gasteiger partial charge in [-0.15, -0.1) is 0 Å². The van der Waals surface area contributed by atoms with Crippen molar-refractivity contribution in [1.82, 2.24) is 9.38 Å². The molecule has 1 aliphatic carbocycles. The molecule has 1 fully saturated rings. The molecule has 6 nitrogen and oxygen atoms in total. The van der Waals surface area contributed by atoms with Crippen LogP contribution in [0.1, 0.15) is 66.6 Å². The molecule has 1 aliphatic rings. The molecular formula is C31H30F3N3O3. The van der Waals surface area contributed by atoms with E-state index >= 15 is 0 Å². The number of benzene rings is 2. The second-order valence-electron chi connectivity index (χ2n) is 10.2. The van der Waals surface area contributed by atoms with Crippen molar-refractivity contribution < 1.29 is 27.5 Å². The SMILES string of the molecule is CCOC(=O)CC1CCC(c2ccc(-c3ccc4nc(C(=O)Nc5cccc(C(F)(F)F)c5)cn4c3)cc2)CC1. The summed E-state index contributed by atoms with van der Waals surface area (Å²) in [5.41, 5.74) is 3.11. The monoisotopic (exact) mass is 549 g/mol. The molecule has 0 bridgehead atoms. The molecule has 9 heteroatoms. The Bertz CT molecular complexity index is 1500. The lowest BCUT2D eigenvalue weighted by Gasteiger charge is -2.28. The number of ether oxygens (including phenoxy) is 1. The Hall–Kier alpha value is -4.14. The van der Waals surface area contributed by atoms with E-state index in [0.29, 0.717) is 30.5 Å². The highest BCUT2D eigenvalue weighted by molar-refractivity contribution is 6.03. The van der Waals surface area contributed by atoms with Gasteiger partial charge in [0.25, 0.3) is 5.91 Å². The predicted octanol–water partition coefficient (Wildman–Crippen LogP) is 7.50. The van der Waals surface area contributed by atoms with Crippen molar-refractivity contribution in [3.8, 4) is 11.1 Å². The van der Waals surface area contributed by atoms with Crippen LogP contribution in [0.5, 0.6) is 0 Å². The van der Waals surface area contributed by atoms with Crippen LogP contribution in [0, 0.1) is 5.92 Å². The number of aromatic nitrogens is 2. The molecule has 1 amide bonds. The zero-order valence-corrected chi connectivity index (χ0v) is 22.1. The van der Waals surface area contributed by atoms with Gasteiger partial charge in [0.05, 0.1) is 12.2 Å². The van der Waals surface area contributed by atoms with Crippen molar-refractivity contribution in [2.75, 3.05) is 11.9 Å². The van der Waals surface area contributed by atoms with E-state index in [1.165, 1.54) is 17.7 Å². The average molecular weight is 550 g/mol. The lowest BCUT2D eigenvalue weighted by atomic mass is 9.77. The number of amides is 1. The molecule has 2 heterocycles. The summed E-state index contributed by atoms with van der Waals surface area (Å²) in [7, 11) is 0. The zero-order chi connectivity index (χ0) is 28.3. The maximum Gasteiger partial charge on any atom is 0.416 e. The van der Waals surface area contributed by atoms with Crippen molar-refractivity contribution in [3.05, 3.63) is 89.9 Å². The van der Waals surface area contributed by atoms with Gasteiger partial charge in [0, 0.05) is 24.5 Å². The van der Waals surface area contributed by atoms with Crippen molar-refractivity contribution in [3.63, 3.8) is 0 Å². The van der Waals surface area contributed by atoms with Crippen LogP contribution >= 0.6 is 0 Å². The van der Waals surface area contributed by atoms with E-state index in [-0.39, 0.29) is 17.4 Å². The standard InChI is InChI=1S/C31H30F3N3O3/c1-2-40-29(38)16-20-6-8-21(9-7-20)22-10-12-23(13-11-22)24-14-15-28-36-27(19-37(28)18-24)30(39)35-26-5-3-4-25(17-26)31(32,33)34/h3-5,10-15,17-21H,2,6-9,16H2,1H3,(H,35,39). The third kappa shape index (κ3) is 6.35.